The van der Waals surface area contributed by atoms with Crippen LogP contribution in [-0.4, -0.2) is 43.5 Å². The number of nitrogens with zero attached hydrogens (tertiary/aromatic N) is 1. The number of carbonyl (C=O) groups excluding carboxylic acids is 2. The molecule has 1 aromatic carbocycles. The summed E-state index contributed by atoms with van der Waals surface area (Å²) in [5, 5.41) is 3.48. The molecule has 1 aliphatic rings. The molecule has 1 aliphatic heterocycles. The summed E-state index contributed by atoms with van der Waals surface area (Å²) in [6.45, 7) is 1.01. The lowest BCUT2D eigenvalue weighted by Crippen LogP contribution is -2.49. The third-order valence-corrected chi connectivity index (χ3v) is 3.26. The number of nitrogens with one attached hydrogen (secondary N) is 1. The van der Waals surface area contributed by atoms with E-state index in [-0.39, 0.29) is 24.1 Å². The van der Waals surface area contributed by atoms with Crippen LogP contribution in [0.2, 0.25) is 0 Å². The monoisotopic (exact) mass is 274 g/mol. The molecule has 6 nitrogen and oxygen atoms in total. The fourth-order valence-corrected chi connectivity index (χ4v) is 2.27. The summed E-state index contributed by atoms with van der Waals surface area (Å²) >= 11 is 0. The summed E-state index contributed by atoms with van der Waals surface area (Å²) in [5.74, 6) is 0.369. The number of carbonyl (C=O) groups is 2. The Morgan fingerprint density at radius 3 is 3.05 bits per heavy atom. The Kier molecular flexibility index (Phi) is 3.06. The van der Waals surface area contributed by atoms with Gasteiger partial charge in [0.1, 0.15) is 6.54 Å². The van der Waals surface area contributed by atoms with Crippen molar-refractivity contribution in [1.29, 1.82) is 0 Å². The number of para-hydroxylation sites is 1. The van der Waals surface area contributed by atoms with E-state index in [0.717, 1.165) is 5.39 Å². The van der Waals surface area contributed by atoms with E-state index in [1.165, 1.54) is 4.90 Å². The SMILES string of the molecule is COc1cccc2cc(C(=O)N3CCNC(=O)C3)oc12. The molecule has 1 aromatic heterocycles. The van der Waals surface area contributed by atoms with E-state index < -0.39 is 0 Å². The summed E-state index contributed by atoms with van der Waals surface area (Å²) in [7, 11) is 1.55. The lowest BCUT2D eigenvalue weighted by atomic mass is 10.2. The topological polar surface area (TPSA) is 71.8 Å². The number of hydrogen-bond donors (Lipinski definition) is 1. The molecule has 3 rings (SSSR count). The number of rotatable bonds is 2. The largest absolute Gasteiger partial charge is 0.493 e. The molecule has 6 heteroatoms. The molecule has 0 spiro atoms. The summed E-state index contributed by atoms with van der Waals surface area (Å²) in [6.07, 6.45) is 0. The molecule has 0 saturated carbocycles. The maximum atomic E-state index is 12.3. The molecule has 0 radical (unpaired) electrons. The molecule has 104 valence electrons. The van der Waals surface area contributed by atoms with Gasteiger partial charge in [-0.25, -0.2) is 0 Å². The number of hydrogen-bond acceptors (Lipinski definition) is 4. The fraction of sp³-hybridized carbons (Fsp3) is 0.286. The van der Waals surface area contributed by atoms with Gasteiger partial charge in [0.15, 0.2) is 17.1 Å². The smallest absolute Gasteiger partial charge is 0.290 e. The first-order chi connectivity index (χ1) is 9.69. The second kappa shape index (κ2) is 4.88. The minimum Gasteiger partial charge on any atom is -0.493 e. The van der Waals surface area contributed by atoms with Gasteiger partial charge in [0, 0.05) is 18.5 Å². The van der Waals surface area contributed by atoms with E-state index in [4.69, 9.17) is 9.15 Å². The number of methoxy groups -OCH3 is 1. The van der Waals surface area contributed by atoms with Gasteiger partial charge in [-0.3, -0.25) is 9.59 Å². The van der Waals surface area contributed by atoms with Crippen molar-refractivity contribution in [2.24, 2.45) is 0 Å². The van der Waals surface area contributed by atoms with Gasteiger partial charge >= 0.3 is 0 Å². The first kappa shape index (κ1) is 12.5. The highest BCUT2D eigenvalue weighted by atomic mass is 16.5. The maximum Gasteiger partial charge on any atom is 0.290 e. The Balaban J connectivity index is 1.93. The van der Waals surface area contributed by atoms with Crippen molar-refractivity contribution < 1.29 is 18.7 Å². The first-order valence-corrected chi connectivity index (χ1v) is 6.31. The molecule has 0 unspecified atom stereocenters. The molecular formula is C14H14N2O4. The molecule has 1 fully saturated rings. The lowest BCUT2D eigenvalue weighted by Gasteiger charge is -2.25. The Labute approximate surface area is 115 Å². The predicted molar refractivity (Wildman–Crippen MR) is 71.7 cm³/mol. The quantitative estimate of drug-likeness (QED) is 0.887. The van der Waals surface area contributed by atoms with Gasteiger partial charge in [0.25, 0.3) is 5.91 Å². The van der Waals surface area contributed by atoms with Crippen molar-refractivity contribution in [3.05, 3.63) is 30.0 Å². The average molecular weight is 274 g/mol. The van der Waals surface area contributed by atoms with Gasteiger partial charge in [-0.2, -0.15) is 0 Å². The van der Waals surface area contributed by atoms with Crippen molar-refractivity contribution in [1.82, 2.24) is 10.2 Å². The molecule has 20 heavy (non-hydrogen) atoms. The summed E-state index contributed by atoms with van der Waals surface area (Å²) in [5.41, 5.74) is 0.541. The van der Waals surface area contributed by atoms with Crippen molar-refractivity contribution in [2.45, 2.75) is 0 Å². The van der Waals surface area contributed by atoms with Crippen LogP contribution in [0.5, 0.6) is 5.75 Å². The number of ether oxygens (including phenoxy) is 1. The number of amides is 2. The van der Waals surface area contributed by atoms with Gasteiger partial charge in [-0.15, -0.1) is 0 Å². The Hall–Kier alpha value is -2.50. The molecule has 1 N–H and O–H groups in total. The van der Waals surface area contributed by atoms with Gasteiger partial charge in [-0.05, 0) is 12.1 Å². The molecule has 0 aliphatic carbocycles. The fourth-order valence-electron chi connectivity index (χ4n) is 2.27. The second-order valence-electron chi connectivity index (χ2n) is 4.57. The van der Waals surface area contributed by atoms with Crippen LogP contribution < -0.4 is 10.1 Å². The second-order valence-corrected chi connectivity index (χ2v) is 4.57. The van der Waals surface area contributed by atoms with Crippen LogP contribution in [0.1, 0.15) is 10.6 Å². The molecule has 0 bridgehead atoms. The van der Waals surface area contributed by atoms with Crippen LogP contribution in [0.15, 0.2) is 28.7 Å². The minimum absolute atomic E-state index is 0.0625. The van der Waals surface area contributed by atoms with Crippen LogP contribution >= 0.6 is 0 Å². The minimum atomic E-state index is -0.280. The van der Waals surface area contributed by atoms with Crippen molar-refractivity contribution in [2.75, 3.05) is 26.7 Å². The van der Waals surface area contributed by atoms with Gasteiger partial charge in [0.05, 0.1) is 7.11 Å². The standard InChI is InChI=1S/C14H14N2O4/c1-19-10-4-2-3-9-7-11(20-13(9)10)14(18)16-6-5-15-12(17)8-16/h2-4,7H,5-6,8H2,1H3,(H,15,17). The molecule has 2 heterocycles. The van der Waals surface area contributed by atoms with E-state index in [1.807, 2.05) is 12.1 Å². The third-order valence-electron chi connectivity index (χ3n) is 3.26. The Morgan fingerprint density at radius 1 is 1.45 bits per heavy atom. The van der Waals surface area contributed by atoms with E-state index in [0.29, 0.717) is 24.4 Å². The summed E-state index contributed by atoms with van der Waals surface area (Å²) in [4.78, 5) is 25.1. The van der Waals surface area contributed by atoms with Crippen molar-refractivity contribution in [3.8, 4) is 5.75 Å². The molecule has 0 atom stereocenters. The number of piperazine rings is 1. The van der Waals surface area contributed by atoms with Gasteiger partial charge < -0.3 is 19.4 Å². The van der Waals surface area contributed by atoms with Gasteiger partial charge in [-0.1, -0.05) is 12.1 Å². The lowest BCUT2D eigenvalue weighted by molar-refractivity contribution is -0.123. The van der Waals surface area contributed by atoms with Gasteiger partial charge in [0.2, 0.25) is 5.91 Å². The number of fused-ring (bicyclic) bond motifs is 1. The molecular weight excluding hydrogens is 260 g/mol. The van der Waals surface area contributed by atoms with Crippen LogP contribution in [0.3, 0.4) is 0 Å². The highest BCUT2D eigenvalue weighted by Crippen LogP contribution is 2.28. The summed E-state index contributed by atoms with van der Waals surface area (Å²) in [6, 6.07) is 7.13. The van der Waals surface area contributed by atoms with Crippen LogP contribution in [-0.2, 0) is 4.79 Å². The zero-order valence-corrected chi connectivity index (χ0v) is 11.0. The predicted octanol–water partition coefficient (Wildman–Crippen LogP) is 1.01. The summed E-state index contributed by atoms with van der Waals surface area (Å²) < 4.78 is 10.8. The number of benzene rings is 1. The zero-order chi connectivity index (χ0) is 14.1. The molecule has 2 amide bonds. The third kappa shape index (κ3) is 2.09. The normalized spacial score (nSPS) is 15.2. The van der Waals surface area contributed by atoms with Crippen LogP contribution in [0, 0.1) is 0 Å². The van der Waals surface area contributed by atoms with Crippen molar-refractivity contribution >= 4 is 22.8 Å². The molecule has 2 aromatic rings. The first-order valence-electron chi connectivity index (χ1n) is 6.31. The van der Waals surface area contributed by atoms with E-state index in [9.17, 15) is 9.59 Å². The maximum absolute atomic E-state index is 12.3. The molecule has 1 saturated heterocycles. The Bertz CT molecular complexity index is 677. The van der Waals surface area contributed by atoms with E-state index >= 15 is 0 Å². The van der Waals surface area contributed by atoms with E-state index in [2.05, 4.69) is 5.32 Å². The van der Waals surface area contributed by atoms with Crippen molar-refractivity contribution in [3.63, 3.8) is 0 Å². The van der Waals surface area contributed by atoms with E-state index in [1.54, 1.807) is 19.2 Å². The highest BCUT2D eigenvalue weighted by Gasteiger charge is 2.25. The zero-order valence-electron chi connectivity index (χ0n) is 11.0. The average Bonchev–Trinajstić information content (AvgIpc) is 2.90. The number of furan rings is 1. The highest BCUT2D eigenvalue weighted by molar-refractivity contribution is 5.99. The van der Waals surface area contributed by atoms with Crippen LogP contribution in [0.4, 0.5) is 0 Å². The Morgan fingerprint density at radius 2 is 2.30 bits per heavy atom. The van der Waals surface area contributed by atoms with Crippen LogP contribution in [0.25, 0.3) is 11.0 Å².